The van der Waals surface area contributed by atoms with Crippen molar-refractivity contribution in [3.63, 3.8) is 0 Å². The Labute approximate surface area is 180 Å². The summed E-state index contributed by atoms with van der Waals surface area (Å²) in [6.45, 7) is 0. The van der Waals surface area contributed by atoms with Gasteiger partial charge in [0.15, 0.2) is 16.0 Å². The Morgan fingerprint density at radius 2 is 1.90 bits per heavy atom. The van der Waals surface area contributed by atoms with Crippen LogP contribution >= 0.6 is 39.1 Å². The van der Waals surface area contributed by atoms with Crippen LogP contribution in [0.1, 0.15) is 11.3 Å². The lowest BCUT2D eigenvalue weighted by Gasteiger charge is -2.13. The summed E-state index contributed by atoms with van der Waals surface area (Å²) in [7, 11) is 1.31. The second-order valence-electron chi connectivity index (χ2n) is 5.15. The SMILES string of the molecule is COc1c(C=NC(C#N)=C(N)C#N)nn(-c2c(Cl)cc(C(F)(F)F)cc2Cl)c1Br. The molecule has 150 valence electrons. The molecule has 0 unspecified atom stereocenters. The summed E-state index contributed by atoms with van der Waals surface area (Å²) in [5, 5.41) is 21.3. The number of methoxy groups -OCH3 is 1. The Morgan fingerprint density at radius 1 is 1.31 bits per heavy atom. The van der Waals surface area contributed by atoms with Crippen molar-refractivity contribution in [3.8, 4) is 23.6 Å². The third-order valence-electron chi connectivity index (χ3n) is 3.37. The number of rotatable bonds is 4. The molecule has 0 bridgehead atoms. The van der Waals surface area contributed by atoms with Crippen LogP contribution in [0.2, 0.25) is 10.0 Å². The summed E-state index contributed by atoms with van der Waals surface area (Å²) in [6.07, 6.45) is -3.54. The van der Waals surface area contributed by atoms with Gasteiger partial charge in [-0.25, -0.2) is 9.67 Å². The average molecular weight is 508 g/mol. The van der Waals surface area contributed by atoms with Crippen LogP contribution in [0.25, 0.3) is 5.69 Å². The quantitative estimate of drug-likeness (QED) is 0.479. The predicted molar refractivity (Wildman–Crippen MR) is 103 cm³/mol. The molecule has 0 radical (unpaired) electrons. The highest BCUT2D eigenvalue weighted by atomic mass is 79.9. The van der Waals surface area contributed by atoms with E-state index in [0.29, 0.717) is 12.1 Å². The van der Waals surface area contributed by atoms with Crippen molar-refractivity contribution in [1.82, 2.24) is 9.78 Å². The zero-order valence-electron chi connectivity index (χ0n) is 14.2. The van der Waals surface area contributed by atoms with Gasteiger partial charge >= 0.3 is 6.18 Å². The van der Waals surface area contributed by atoms with E-state index >= 15 is 0 Å². The topological polar surface area (TPSA) is 113 Å². The molecule has 0 spiro atoms. The minimum atomic E-state index is -4.64. The molecule has 1 heterocycles. The predicted octanol–water partition coefficient (Wildman–Crippen LogP) is 4.61. The monoisotopic (exact) mass is 506 g/mol. The average Bonchev–Trinajstić information content (AvgIpc) is 2.96. The maximum Gasteiger partial charge on any atom is 0.416 e. The molecule has 7 nitrogen and oxygen atoms in total. The Bertz CT molecular complexity index is 1090. The Balaban J connectivity index is 2.64. The zero-order valence-corrected chi connectivity index (χ0v) is 17.3. The number of nitrogens with two attached hydrogens (primary N) is 1. The highest BCUT2D eigenvalue weighted by Gasteiger charge is 2.33. The van der Waals surface area contributed by atoms with E-state index in [4.69, 9.17) is 44.2 Å². The lowest BCUT2D eigenvalue weighted by molar-refractivity contribution is -0.137. The molecule has 0 aliphatic heterocycles. The van der Waals surface area contributed by atoms with Gasteiger partial charge in [0, 0.05) is 0 Å². The fraction of sp³-hybridized carbons (Fsp3) is 0.125. The number of ether oxygens (including phenoxy) is 1. The molecule has 2 aromatic rings. The molecule has 2 N–H and O–H groups in total. The summed E-state index contributed by atoms with van der Waals surface area (Å²) >= 11 is 15.2. The third kappa shape index (κ3) is 4.65. The summed E-state index contributed by atoms with van der Waals surface area (Å²) in [5.74, 6) is 0.119. The molecule has 0 aliphatic rings. The smallest absolute Gasteiger partial charge is 0.416 e. The van der Waals surface area contributed by atoms with Gasteiger partial charge in [-0.3, -0.25) is 0 Å². The molecule has 29 heavy (non-hydrogen) atoms. The van der Waals surface area contributed by atoms with Crippen LogP contribution in [-0.2, 0) is 6.18 Å². The minimum Gasteiger partial charge on any atom is -0.492 e. The van der Waals surface area contributed by atoms with Crippen LogP contribution in [0.3, 0.4) is 0 Å². The molecular formula is C16H8BrCl2F3N6O. The number of benzene rings is 1. The van der Waals surface area contributed by atoms with E-state index in [1.807, 2.05) is 0 Å². The van der Waals surface area contributed by atoms with E-state index in [9.17, 15) is 13.2 Å². The van der Waals surface area contributed by atoms with Gasteiger partial charge in [0.25, 0.3) is 0 Å². The number of hydrogen-bond acceptors (Lipinski definition) is 6. The highest BCUT2D eigenvalue weighted by molar-refractivity contribution is 9.10. The van der Waals surface area contributed by atoms with E-state index in [0.717, 1.165) is 10.9 Å². The Kier molecular flexibility index (Phi) is 6.80. The van der Waals surface area contributed by atoms with Crippen LogP contribution in [0.5, 0.6) is 5.75 Å². The number of allylic oxidation sites excluding steroid dienone is 2. The van der Waals surface area contributed by atoms with Crippen molar-refractivity contribution in [3.05, 3.63) is 49.4 Å². The van der Waals surface area contributed by atoms with Crippen molar-refractivity contribution < 1.29 is 17.9 Å². The van der Waals surface area contributed by atoms with Crippen molar-refractivity contribution in [2.45, 2.75) is 6.18 Å². The standard InChI is InChI=1S/C16H8BrCl2F3N6O/c1-29-14-12(6-26-11(5-24)10(25)4-23)27-28(15(14)17)13-8(18)2-7(3-9(13)19)16(20,21)22/h2-3,6H,25H2,1H3. The number of aromatic nitrogens is 2. The van der Waals surface area contributed by atoms with Crippen molar-refractivity contribution in [2.75, 3.05) is 7.11 Å². The largest absolute Gasteiger partial charge is 0.492 e. The molecule has 0 atom stereocenters. The van der Waals surface area contributed by atoms with Crippen molar-refractivity contribution >= 4 is 45.3 Å². The fourth-order valence-electron chi connectivity index (χ4n) is 2.09. The summed E-state index contributed by atoms with van der Waals surface area (Å²) in [6, 6.07) is 4.65. The second kappa shape index (κ2) is 8.74. The zero-order chi connectivity index (χ0) is 21.9. The molecule has 0 fully saturated rings. The van der Waals surface area contributed by atoms with E-state index in [-0.39, 0.29) is 37.5 Å². The van der Waals surface area contributed by atoms with Gasteiger partial charge in [0.2, 0.25) is 0 Å². The van der Waals surface area contributed by atoms with E-state index in [1.165, 1.54) is 7.11 Å². The molecule has 1 aromatic carbocycles. The molecular weight excluding hydrogens is 500 g/mol. The number of hydrogen-bond donors (Lipinski definition) is 1. The van der Waals surface area contributed by atoms with Crippen molar-refractivity contribution in [2.24, 2.45) is 10.7 Å². The summed E-state index contributed by atoms with van der Waals surface area (Å²) < 4.78 is 45.3. The summed E-state index contributed by atoms with van der Waals surface area (Å²) in [5.41, 5.74) is 3.60. The third-order valence-corrected chi connectivity index (χ3v) is 4.64. The number of aliphatic imine (C=N–C) groups is 1. The summed E-state index contributed by atoms with van der Waals surface area (Å²) in [4.78, 5) is 3.79. The number of halogens is 6. The van der Waals surface area contributed by atoms with Gasteiger partial charge in [-0.15, -0.1) is 0 Å². The number of nitriles is 2. The van der Waals surface area contributed by atoms with E-state index < -0.39 is 17.4 Å². The first kappa shape index (κ1) is 22.6. The van der Waals surface area contributed by atoms with Gasteiger partial charge in [-0.2, -0.15) is 28.8 Å². The maximum absolute atomic E-state index is 12.9. The molecule has 0 saturated heterocycles. The molecule has 0 aliphatic carbocycles. The number of nitrogens with zero attached hydrogens (tertiary/aromatic N) is 5. The van der Waals surface area contributed by atoms with Gasteiger partial charge in [0.1, 0.15) is 29.2 Å². The van der Waals surface area contributed by atoms with Gasteiger partial charge in [-0.05, 0) is 28.1 Å². The van der Waals surface area contributed by atoms with Crippen LogP contribution in [-0.4, -0.2) is 23.1 Å². The molecule has 1 aromatic heterocycles. The van der Waals surface area contributed by atoms with Crippen molar-refractivity contribution in [1.29, 1.82) is 10.5 Å². The van der Waals surface area contributed by atoms with E-state index in [1.54, 1.807) is 12.1 Å². The lowest BCUT2D eigenvalue weighted by atomic mass is 10.2. The molecule has 2 rings (SSSR count). The Hall–Kier alpha value is -2.73. The van der Waals surface area contributed by atoms with Crippen LogP contribution in [0.15, 0.2) is 33.1 Å². The fourth-order valence-corrected chi connectivity index (χ4v) is 3.36. The molecule has 0 saturated carbocycles. The van der Waals surface area contributed by atoms with Crippen LogP contribution < -0.4 is 10.5 Å². The second-order valence-corrected chi connectivity index (χ2v) is 6.72. The van der Waals surface area contributed by atoms with Gasteiger partial charge < -0.3 is 10.5 Å². The Morgan fingerprint density at radius 3 is 2.34 bits per heavy atom. The first-order chi connectivity index (χ1) is 13.5. The van der Waals surface area contributed by atoms with Gasteiger partial charge in [-0.1, -0.05) is 23.2 Å². The van der Waals surface area contributed by atoms with Crippen LogP contribution in [0, 0.1) is 22.7 Å². The highest BCUT2D eigenvalue weighted by Crippen LogP contribution is 2.40. The first-order valence-electron chi connectivity index (χ1n) is 7.28. The van der Waals surface area contributed by atoms with E-state index in [2.05, 4.69) is 26.0 Å². The minimum absolute atomic E-state index is 0.0428. The number of alkyl halides is 3. The van der Waals surface area contributed by atoms with Gasteiger partial charge in [0.05, 0.1) is 28.9 Å². The molecule has 13 heteroatoms. The maximum atomic E-state index is 12.9. The normalized spacial score (nSPS) is 12.4. The first-order valence-corrected chi connectivity index (χ1v) is 8.83. The molecule has 0 amide bonds. The lowest BCUT2D eigenvalue weighted by Crippen LogP contribution is -2.07. The van der Waals surface area contributed by atoms with Crippen LogP contribution in [0.4, 0.5) is 13.2 Å².